The van der Waals surface area contributed by atoms with Crippen LogP contribution in [0.5, 0.6) is 0 Å². The van der Waals surface area contributed by atoms with Crippen LogP contribution in [-0.2, 0) is 5.41 Å². The molecule has 1 heterocycles. The molecule has 0 atom stereocenters. The summed E-state index contributed by atoms with van der Waals surface area (Å²) < 4.78 is 6.17. The summed E-state index contributed by atoms with van der Waals surface area (Å²) in [4.78, 5) is 7.23. The monoisotopic (exact) mass is 554 g/mol. The van der Waals surface area contributed by atoms with Gasteiger partial charge < -0.3 is 9.32 Å². The number of aromatic nitrogens is 1. The summed E-state index contributed by atoms with van der Waals surface area (Å²) in [5.41, 5.74) is 13.4. The first-order valence-corrected chi connectivity index (χ1v) is 14.7. The molecule has 0 fully saturated rings. The van der Waals surface area contributed by atoms with E-state index in [2.05, 4.69) is 128 Å². The summed E-state index contributed by atoms with van der Waals surface area (Å²) in [5, 5.41) is 0. The van der Waals surface area contributed by atoms with Gasteiger partial charge in [0.2, 0.25) is 5.89 Å². The van der Waals surface area contributed by atoms with Gasteiger partial charge in [-0.1, -0.05) is 105 Å². The van der Waals surface area contributed by atoms with E-state index in [1.54, 1.807) is 0 Å². The quantitative estimate of drug-likeness (QED) is 0.212. The van der Waals surface area contributed by atoms with E-state index in [-0.39, 0.29) is 5.41 Å². The van der Waals surface area contributed by atoms with Gasteiger partial charge in [-0.3, -0.25) is 0 Å². The molecule has 6 aromatic carbocycles. The number of oxazole rings is 1. The lowest BCUT2D eigenvalue weighted by molar-refractivity contribution is 0.620. The molecule has 43 heavy (non-hydrogen) atoms. The highest BCUT2D eigenvalue weighted by atomic mass is 16.3. The highest BCUT2D eigenvalue weighted by Gasteiger charge is 2.35. The molecular formula is C40H30N2O. The summed E-state index contributed by atoms with van der Waals surface area (Å²) in [5.74, 6) is 0.627. The standard InChI is InChI=1S/C40H30N2O/c1-40(2)35-19-10-9-18-33(35)34-22-20-31(25-36(34)40)42(30-17-11-16-29(24-30)27-12-5-3-6-13-27)32-21-23-38-37(26-32)41-39(43-38)28-14-7-4-8-15-28/h3-26H,1-2H3. The first-order valence-electron chi connectivity index (χ1n) is 14.7. The first-order chi connectivity index (χ1) is 21.1. The normalized spacial score (nSPS) is 13.1. The summed E-state index contributed by atoms with van der Waals surface area (Å²) in [6.07, 6.45) is 0. The van der Waals surface area contributed by atoms with E-state index in [0.29, 0.717) is 5.89 Å². The molecule has 8 rings (SSSR count). The van der Waals surface area contributed by atoms with Gasteiger partial charge in [-0.05, 0) is 88.0 Å². The number of hydrogen-bond donors (Lipinski definition) is 0. The molecule has 3 heteroatoms. The highest BCUT2D eigenvalue weighted by Crippen LogP contribution is 2.50. The van der Waals surface area contributed by atoms with Crippen molar-refractivity contribution in [1.82, 2.24) is 4.98 Å². The Kier molecular flexibility index (Phi) is 5.80. The highest BCUT2D eigenvalue weighted by molar-refractivity contribution is 5.89. The molecule has 0 bridgehead atoms. The first kappa shape index (κ1) is 25.3. The average Bonchev–Trinajstić information content (AvgIpc) is 3.59. The van der Waals surface area contributed by atoms with E-state index in [9.17, 15) is 0 Å². The van der Waals surface area contributed by atoms with Gasteiger partial charge in [0.25, 0.3) is 0 Å². The van der Waals surface area contributed by atoms with E-state index in [1.807, 2.05) is 36.4 Å². The molecule has 1 aromatic heterocycles. The second-order valence-electron chi connectivity index (χ2n) is 11.7. The van der Waals surface area contributed by atoms with E-state index < -0.39 is 0 Å². The fourth-order valence-electron chi connectivity index (χ4n) is 6.49. The van der Waals surface area contributed by atoms with Crippen LogP contribution in [0.3, 0.4) is 0 Å². The van der Waals surface area contributed by atoms with Crippen molar-refractivity contribution in [2.45, 2.75) is 19.3 Å². The van der Waals surface area contributed by atoms with Crippen LogP contribution >= 0.6 is 0 Å². The summed E-state index contributed by atoms with van der Waals surface area (Å²) in [6, 6.07) is 51.3. The Hall–Kier alpha value is -5.41. The number of anilines is 3. The summed E-state index contributed by atoms with van der Waals surface area (Å²) in [7, 11) is 0. The predicted octanol–water partition coefficient (Wildman–Crippen LogP) is 10.9. The van der Waals surface area contributed by atoms with E-state index in [0.717, 1.165) is 33.7 Å². The Labute approximate surface area is 251 Å². The van der Waals surface area contributed by atoms with E-state index in [4.69, 9.17) is 9.40 Å². The maximum Gasteiger partial charge on any atom is 0.227 e. The van der Waals surface area contributed by atoms with Crippen molar-refractivity contribution >= 4 is 28.2 Å². The van der Waals surface area contributed by atoms with Gasteiger partial charge in [0.1, 0.15) is 5.52 Å². The van der Waals surface area contributed by atoms with Gasteiger partial charge >= 0.3 is 0 Å². The number of rotatable bonds is 5. The molecule has 0 aliphatic heterocycles. The topological polar surface area (TPSA) is 29.3 Å². The molecule has 0 spiro atoms. The largest absolute Gasteiger partial charge is 0.436 e. The van der Waals surface area contributed by atoms with Crippen molar-refractivity contribution < 1.29 is 4.42 Å². The average molecular weight is 555 g/mol. The minimum absolute atomic E-state index is 0.0971. The van der Waals surface area contributed by atoms with E-state index in [1.165, 1.54) is 33.4 Å². The van der Waals surface area contributed by atoms with Crippen molar-refractivity contribution in [3.63, 3.8) is 0 Å². The molecule has 206 valence electrons. The van der Waals surface area contributed by atoms with Crippen LogP contribution in [-0.4, -0.2) is 4.98 Å². The predicted molar refractivity (Wildman–Crippen MR) is 177 cm³/mol. The molecule has 7 aromatic rings. The Morgan fingerprint density at radius 2 is 1.14 bits per heavy atom. The Bertz CT molecular complexity index is 2110. The summed E-state index contributed by atoms with van der Waals surface area (Å²) >= 11 is 0. The minimum atomic E-state index is -0.0971. The molecular weight excluding hydrogens is 524 g/mol. The second-order valence-corrected chi connectivity index (χ2v) is 11.7. The smallest absolute Gasteiger partial charge is 0.227 e. The molecule has 1 aliphatic carbocycles. The maximum atomic E-state index is 6.17. The van der Waals surface area contributed by atoms with Crippen LogP contribution in [0.25, 0.3) is 44.8 Å². The van der Waals surface area contributed by atoms with Crippen LogP contribution in [0.1, 0.15) is 25.0 Å². The number of hydrogen-bond acceptors (Lipinski definition) is 3. The third kappa shape index (κ3) is 4.24. The lowest BCUT2D eigenvalue weighted by Crippen LogP contribution is -2.16. The van der Waals surface area contributed by atoms with Gasteiger partial charge in [-0.25, -0.2) is 4.98 Å². The van der Waals surface area contributed by atoms with E-state index >= 15 is 0 Å². The van der Waals surface area contributed by atoms with Gasteiger partial charge in [0.05, 0.1) is 0 Å². The molecule has 0 saturated carbocycles. The van der Waals surface area contributed by atoms with Crippen LogP contribution in [0.2, 0.25) is 0 Å². The molecule has 0 amide bonds. The molecule has 1 aliphatic rings. The lowest BCUT2D eigenvalue weighted by Gasteiger charge is -2.28. The molecule has 3 nitrogen and oxygen atoms in total. The zero-order valence-electron chi connectivity index (χ0n) is 24.2. The van der Waals surface area contributed by atoms with Gasteiger partial charge in [-0.2, -0.15) is 0 Å². The Morgan fingerprint density at radius 1 is 0.512 bits per heavy atom. The number of nitrogens with zero attached hydrogens (tertiary/aromatic N) is 2. The van der Waals surface area contributed by atoms with Crippen LogP contribution in [0.4, 0.5) is 17.1 Å². The van der Waals surface area contributed by atoms with Crippen LogP contribution < -0.4 is 4.90 Å². The van der Waals surface area contributed by atoms with Crippen molar-refractivity contribution in [2.24, 2.45) is 0 Å². The zero-order valence-corrected chi connectivity index (χ0v) is 24.2. The molecule has 0 radical (unpaired) electrons. The fraction of sp³-hybridized carbons (Fsp3) is 0.0750. The third-order valence-corrected chi connectivity index (χ3v) is 8.69. The molecule has 0 unspecified atom stereocenters. The number of benzene rings is 6. The SMILES string of the molecule is CC1(C)c2ccccc2-c2ccc(N(c3cccc(-c4ccccc4)c3)c3ccc4oc(-c5ccccc5)nc4c3)cc21. The maximum absolute atomic E-state index is 6.17. The van der Waals surface area contributed by atoms with Crippen molar-refractivity contribution in [1.29, 1.82) is 0 Å². The van der Waals surface area contributed by atoms with Crippen LogP contribution in [0, 0.1) is 0 Å². The fourth-order valence-corrected chi connectivity index (χ4v) is 6.49. The lowest BCUT2D eigenvalue weighted by atomic mass is 9.82. The molecule has 0 N–H and O–H groups in total. The van der Waals surface area contributed by atoms with Gasteiger partial charge in [-0.15, -0.1) is 0 Å². The molecule has 0 saturated heterocycles. The van der Waals surface area contributed by atoms with Gasteiger partial charge in [0.15, 0.2) is 5.58 Å². The Morgan fingerprint density at radius 3 is 1.95 bits per heavy atom. The van der Waals surface area contributed by atoms with Crippen molar-refractivity contribution in [3.8, 4) is 33.7 Å². The van der Waals surface area contributed by atoms with Crippen molar-refractivity contribution in [3.05, 3.63) is 157 Å². The third-order valence-electron chi connectivity index (χ3n) is 8.69. The van der Waals surface area contributed by atoms with Crippen molar-refractivity contribution in [2.75, 3.05) is 4.90 Å². The number of fused-ring (bicyclic) bond motifs is 4. The zero-order chi connectivity index (χ0) is 29.0. The second kappa shape index (κ2) is 9.85. The Balaban J connectivity index is 1.30. The van der Waals surface area contributed by atoms with Crippen LogP contribution in [0.15, 0.2) is 150 Å². The van der Waals surface area contributed by atoms with Gasteiger partial charge in [0, 0.05) is 28.0 Å². The minimum Gasteiger partial charge on any atom is -0.436 e. The summed E-state index contributed by atoms with van der Waals surface area (Å²) in [6.45, 7) is 4.66.